The second kappa shape index (κ2) is 6.74. The van der Waals surface area contributed by atoms with Gasteiger partial charge < -0.3 is 9.96 Å². The summed E-state index contributed by atoms with van der Waals surface area (Å²) < 4.78 is 0. The maximum Gasteiger partial charge on any atom is 0.341 e. The number of nitrogens with one attached hydrogen (secondary N) is 2. The molecule has 0 aliphatic rings. The molecule has 0 atom stereocenters. The van der Waals surface area contributed by atoms with Crippen LogP contribution in [0.2, 0.25) is 45.3 Å². The molecule has 0 aromatic carbocycles. The maximum absolute atomic E-state index is 5.96. The summed E-state index contributed by atoms with van der Waals surface area (Å²) in [6, 6.07) is -1.80. The monoisotopic (exact) mass is 350 g/mol. The summed E-state index contributed by atoms with van der Waals surface area (Å²) in [4.78, 5) is 7.39. The van der Waals surface area contributed by atoms with Crippen molar-refractivity contribution in [1.82, 2.24) is 9.96 Å². The van der Waals surface area contributed by atoms with Gasteiger partial charge in [-0.05, 0) is 12.5 Å². The van der Waals surface area contributed by atoms with Crippen LogP contribution in [0.25, 0.3) is 0 Å². The van der Waals surface area contributed by atoms with Gasteiger partial charge in [-0.3, -0.25) is 0 Å². The third-order valence-electron chi connectivity index (χ3n) is 1.93. The van der Waals surface area contributed by atoms with Crippen molar-refractivity contribution in [3.63, 3.8) is 0 Å². The summed E-state index contributed by atoms with van der Waals surface area (Å²) in [5, 5.41) is 0. The van der Waals surface area contributed by atoms with E-state index in [4.69, 9.17) is 33.2 Å². The standard InChI is InChI=1S/C9H25Cl3N2Si3/c1-15(2,3)13-9(14-16(4,5)6)7-8-17(10,11)12/h9,13-14H,7-8H2,1-6H3. The Morgan fingerprint density at radius 2 is 1.18 bits per heavy atom. The third-order valence-corrected chi connectivity index (χ3v) is 6.92. The average molecular weight is 352 g/mol. The van der Waals surface area contributed by atoms with Crippen LogP contribution in [0.1, 0.15) is 6.42 Å². The summed E-state index contributed by atoms with van der Waals surface area (Å²) >= 11 is 17.9. The van der Waals surface area contributed by atoms with Crippen molar-refractivity contribution in [3.8, 4) is 0 Å². The van der Waals surface area contributed by atoms with Crippen molar-refractivity contribution >= 4 is 55.7 Å². The lowest BCUT2D eigenvalue weighted by Gasteiger charge is -2.33. The molecule has 0 unspecified atom stereocenters. The van der Waals surface area contributed by atoms with Crippen LogP contribution in [0.4, 0.5) is 0 Å². The van der Waals surface area contributed by atoms with Crippen molar-refractivity contribution in [3.05, 3.63) is 0 Å². The molecule has 0 aliphatic carbocycles. The van der Waals surface area contributed by atoms with Crippen LogP contribution in [0, 0.1) is 0 Å². The molecule has 0 amide bonds. The van der Waals surface area contributed by atoms with Crippen molar-refractivity contribution in [1.29, 1.82) is 0 Å². The highest BCUT2D eigenvalue weighted by molar-refractivity contribution is 7.64. The van der Waals surface area contributed by atoms with Gasteiger partial charge in [0.2, 0.25) is 0 Å². The molecule has 0 aromatic heterocycles. The zero-order chi connectivity index (χ0) is 13.9. The Hall–Kier alpha value is 1.44. The summed E-state index contributed by atoms with van der Waals surface area (Å²) in [5.74, 6) is 0. The lowest BCUT2D eigenvalue weighted by molar-refractivity contribution is 0.556. The van der Waals surface area contributed by atoms with E-state index < -0.39 is 22.5 Å². The Bertz CT molecular complexity index is 217. The molecular formula is C9H25Cl3N2Si3. The molecule has 0 radical (unpaired) electrons. The minimum atomic E-state index is -2.50. The molecule has 0 saturated carbocycles. The molecule has 0 saturated heterocycles. The maximum atomic E-state index is 5.96. The summed E-state index contributed by atoms with van der Waals surface area (Å²) in [5.41, 5.74) is 0. The van der Waals surface area contributed by atoms with Crippen LogP contribution in [0.5, 0.6) is 0 Å². The molecule has 0 bridgehead atoms. The van der Waals surface area contributed by atoms with Gasteiger partial charge in [-0.15, -0.1) is 33.2 Å². The van der Waals surface area contributed by atoms with Gasteiger partial charge >= 0.3 is 6.00 Å². The predicted octanol–water partition coefficient (Wildman–Crippen LogP) is 4.21. The van der Waals surface area contributed by atoms with E-state index in [0.717, 1.165) is 6.42 Å². The predicted molar refractivity (Wildman–Crippen MR) is 89.5 cm³/mol. The first kappa shape index (κ1) is 18.4. The van der Waals surface area contributed by atoms with E-state index in [0.29, 0.717) is 6.04 Å². The van der Waals surface area contributed by atoms with E-state index in [1.54, 1.807) is 0 Å². The molecular weight excluding hydrogens is 327 g/mol. The van der Waals surface area contributed by atoms with Gasteiger partial charge in [-0.2, -0.15) is 0 Å². The van der Waals surface area contributed by atoms with Crippen LogP contribution < -0.4 is 9.96 Å². The van der Waals surface area contributed by atoms with Crippen LogP contribution >= 0.6 is 33.2 Å². The highest BCUT2D eigenvalue weighted by Crippen LogP contribution is 2.27. The molecule has 8 heteroatoms. The zero-order valence-electron chi connectivity index (χ0n) is 11.6. The largest absolute Gasteiger partial charge is 0.341 e. The first-order chi connectivity index (χ1) is 7.29. The van der Waals surface area contributed by atoms with Gasteiger partial charge in [-0.25, -0.2) is 0 Å². The van der Waals surface area contributed by atoms with E-state index in [-0.39, 0.29) is 6.17 Å². The Morgan fingerprint density at radius 3 is 1.41 bits per heavy atom. The van der Waals surface area contributed by atoms with Crippen molar-refractivity contribution < 1.29 is 0 Å². The molecule has 17 heavy (non-hydrogen) atoms. The topological polar surface area (TPSA) is 24.1 Å². The molecule has 104 valence electrons. The second-order valence-corrected chi connectivity index (χ2v) is 25.4. The lowest BCUT2D eigenvalue weighted by atomic mass is 10.4. The highest BCUT2D eigenvalue weighted by atomic mass is 35.8. The van der Waals surface area contributed by atoms with Crippen molar-refractivity contribution in [2.24, 2.45) is 0 Å². The number of halogens is 3. The van der Waals surface area contributed by atoms with E-state index in [1.807, 2.05) is 0 Å². The van der Waals surface area contributed by atoms with Gasteiger partial charge in [0.1, 0.15) is 16.5 Å². The smallest absolute Gasteiger partial charge is 0.324 e. The Morgan fingerprint density at radius 1 is 0.824 bits per heavy atom. The SMILES string of the molecule is C[Si](C)(C)NC(CC[Si](Cl)(Cl)Cl)N[Si](C)(C)C. The van der Waals surface area contributed by atoms with Crippen LogP contribution in [0.3, 0.4) is 0 Å². The fraction of sp³-hybridized carbons (Fsp3) is 1.00. The van der Waals surface area contributed by atoms with Crippen molar-refractivity contribution in [2.75, 3.05) is 0 Å². The zero-order valence-corrected chi connectivity index (χ0v) is 16.9. The number of hydrogen-bond donors (Lipinski definition) is 2. The van der Waals surface area contributed by atoms with Gasteiger partial charge in [-0.1, -0.05) is 39.3 Å². The van der Waals surface area contributed by atoms with Gasteiger partial charge in [0.15, 0.2) is 0 Å². The molecule has 2 nitrogen and oxygen atoms in total. The molecule has 0 rings (SSSR count). The molecule has 2 N–H and O–H groups in total. The number of hydrogen-bond acceptors (Lipinski definition) is 2. The van der Waals surface area contributed by atoms with Crippen LogP contribution in [0.15, 0.2) is 0 Å². The summed E-state index contributed by atoms with van der Waals surface area (Å²) in [6.45, 7) is 13.7. The second-order valence-electron chi connectivity index (χ2n) is 6.50. The van der Waals surface area contributed by atoms with Gasteiger partial charge in [0, 0.05) is 6.17 Å². The van der Waals surface area contributed by atoms with E-state index in [1.165, 1.54) is 0 Å². The molecule has 0 spiro atoms. The Balaban J connectivity index is 4.42. The van der Waals surface area contributed by atoms with Crippen LogP contribution in [-0.2, 0) is 0 Å². The fourth-order valence-electron chi connectivity index (χ4n) is 1.53. The highest BCUT2D eigenvalue weighted by Gasteiger charge is 2.29. The van der Waals surface area contributed by atoms with Crippen molar-refractivity contribution in [2.45, 2.75) is 57.9 Å². The van der Waals surface area contributed by atoms with Crippen LogP contribution in [-0.4, -0.2) is 28.6 Å². The summed E-state index contributed by atoms with van der Waals surface area (Å²) in [7, 11) is -2.64. The van der Waals surface area contributed by atoms with E-state index >= 15 is 0 Å². The first-order valence-corrected chi connectivity index (χ1v) is 18.1. The van der Waals surface area contributed by atoms with E-state index in [9.17, 15) is 0 Å². The van der Waals surface area contributed by atoms with Gasteiger partial charge in [0.05, 0.1) is 0 Å². The minimum Gasteiger partial charge on any atom is -0.324 e. The minimum absolute atomic E-state index is 0.288. The summed E-state index contributed by atoms with van der Waals surface area (Å²) in [6.07, 6.45) is 1.19. The average Bonchev–Trinajstić information content (AvgIpc) is 1.92. The normalized spacial score (nSPS) is 14.5. The molecule has 0 aromatic rings. The quantitative estimate of drug-likeness (QED) is 0.408. The van der Waals surface area contributed by atoms with E-state index in [2.05, 4.69) is 49.2 Å². The third kappa shape index (κ3) is 13.7. The lowest BCUT2D eigenvalue weighted by Crippen LogP contribution is -2.60. The molecule has 0 fully saturated rings. The Labute approximate surface area is 123 Å². The van der Waals surface area contributed by atoms with Gasteiger partial charge in [0.25, 0.3) is 0 Å². The fourth-order valence-corrected chi connectivity index (χ4v) is 5.80. The first-order valence-electron chi connectivity index (χ1n) is 5.91. The Kier molecular flexibility index (Phi) is 7.31. The molecule has 0 aliphatic heterocycles. The number of rotatable bonds is 7. The molecule has 0 heterocycles.